The van der Waals surface area contributed by atoms with Crippen LogP contribution < -0.4 is 4.90 Å². The van der Waals surface area contributed by atoms with Gasteiger partial charge in [0.25, 0.3) is 0 Å². The monoisotopic (exact) mass is 379 g/mol. The zero-order valence-electron chi connectivity index (χ0n) is 13.4. The van der Waals surface area contributed by atoms with Gasteiger partial charge in [-0.1, -0.05) is 17.8 Å². The van der Waals surface area contributed by atoms with Crippen LogP contribution in [0.15, 0.2) is 34.4 Å². The molecule has 0 aliphatic heterocycles. The first-order valence-corrected chi connectivity index (χ1v) is 10.1. The summed E-state index contributed by atoms with van der Waals surface area (Å²) in [6.07, 6.45) is 2.75. The minimum absolute atomic E-state index is 0.0168. The van der Waals surface area contributed by atoms with Crippen LogP contribution >= 0.6 is 34.4 Å². The van der Waals surface area contributed by atoms with Gasteiger partial charge in [-0.25, -0.2) is 4.98 Å². The highest BCUT2D eigenvalue weighted by Gasteiger charge is 2.12. The molecule has 24 heavy (non-hydrogen) atoms. The largest absolute Gasteiger partial charge is 0.308 e. The molecule has 0 fully saturated rings. The van der Waals surface area contributed by atoms with Crippen molar-refractivity contribution < 1.29 is 4.79 Å². The second-order valence-corrected chi connectivity index (χ2v) is 7.94. The van der Waals surface area contributed by atoms with E-state index in [9.17, 15) is 4.79 Å². The Kier molecular flexibility index (Phi) is 5.64. The minimum atomic E-state index is -0.0168. The highest BCUT2D eigenvalue weighted by Crippen LogP contribution is 2.25. The number of carbonyl (C=O) groups is 1. The quantitative estimate of drug-likeness (QED) is 0.589. The lowest BCUT2D eigenvalue weighted by molar-refractivity contribution is -0.116. The molecule has 0 aliphatic carbocycles. The Morgan fingerprint density at radius 3 is 3.04 bits per heavy atom. The van der Waals surface area contributed by atoms with Crippen molar-refractivity contribution in [3.8, 4) is 0 Å². The Morgan fingerprint density at radius 1 is 1.42 bits per heavy atom. The number of thioether (sulfide) groups is 1. The summed E-state index contributed by atoms with van der Waals surface area (Å²) >= 11 is 4.85. The maximum atomic E-state index is 11.4. The summed E-state index contributed by atoms with van der Waals surface area (Å²) in [5.74, 6) is 0.691. The standard InChI is InChI=1S/C15H17N5OS3/c1-11(21)19(2)14-17-12(8-23-14)9-24-15-18-16-10-20(15)6-5-13-4-3-7-22-13/h3-4,7-8,10H,5-6,9H2,1-2H3. The lowest BCUT2D eigenvalue weighted by atomic mass is 10.3. The van der Waals surface area contributed by atoms with Gasteiger partial charge in [0.1, 0.15) is 6.33 Å². The predicted molar refractivity (Wildman–Crippen MR) is 98.8 cm³/mol. The van der Waals surface area contributed by atoms with Gasteiger partial charge in [-0.3, -0.25) is 9.69 Å². The van der Waals surface area contributed by atoms with Gasteiger partial charge in [0.2, 0.25) is 5.91 Å². The Hall–Kier alpha value is -1.71. The summed E-state index contributed by atoms with van der Waals surface area (Å²) in [4.78, 5) is 18.8. The van der Waals surface area contributed by atoms with E-state index < -0.39 is 0 Å². The molecule has 0 unspecified atom stereocenters. The highest BCUT2D eigenvalue weighted by atomic mass is 32.2. The van der Waals surface area contributed by atoms with Crippen molar-refractivity contribution in [3.63, 3.8) is 0 Å². The summed E-state index contributed by atoms with van der Waals surface area (Å²) in [7, 11) is 1.74. The fraction of sp³-hybridized carbons (Fsp3) is 0.333. The SMILES string of the molecule is CC(=O)N(C)c1nc(CSc2nncn2CCc2cccs2)cs1. The molecule has 3 aromatic rings. The van der Waals surface area contributed by atoms with Crippen LogP contribution in [0.5, 0.6) is 0 Å². The molecule has 3 rings (SSSR count). The lowest BCUT2D eigenvalue weighted by Gasteiger charge is -2.09. The van der Waals surface area contributed by atoms with Crippen LogP contribution in [-0.2, 0) is 23.5 Å². The zero-order chi connectivity index (χ0) is 16.9. The molecule has 0 saturated heterocycles. The number of carbonyl (C=O) groups excluding carboxylic acids is 1. The van der Waals surface area contributed by atoms with Crippen molar-refractivity contribution in [2.75, 3.05) is 11.9 Å². The molecule has 3 heterocycles. The van der Waals surface area contributed by atoms with Crippen LogP contribution in [0.2, 0.25) is 0 Å². The first-order valence-electron chi connectivity index (χ1n) is 7.35. The van der Waals surface area contributed by atoms with Crippen LogP contribution in [0, 0.1) is 0 Å². The molecule has 6 nitrogen and oxygen atoms in total. The van der Waals surface area contributed by atoms with Gasteiger partial charge in [0, 0.05) is 36.5 Å². The van der Waals surface area contributed by atoms with Crippen LogP contribution in [-0.4, -0.2) is 32.7 Å². The number of amides is 1. The van der Waals surface area contributed by atoms with E-state index in [1.54, 1.807) is 41.4 Å². The summed E-state index contributed by atoms with van der Waals surface area (Å²) in [6.45, 7) is 2.40. The number of aromatic nitrogens is 4. The van der Waals surface area contributed by atoms with E-state index in [-0.39, 0.29) is 5.91 Å². The first kappa shape index (κ1) is 17.1. The van der Waals surface area contributed by atoms with Crippen molar-refractivity contribution in [2.24, 2.45) is 0 Å². The van der Waals surface area contributed by atoms with E-state index in [1.807, 2.05) is 5.38 Å². The maximum Gasteiger partial charge on any atom is 0.225 e. The second-order valence-electron chi connectivity index (χ2n) is 5.12. The van der Waals surface area contributed by atoms with Crippen LogP contribution in [0.1, 0.15) is 17.5 Å². The normalized spacial score (nSPS) is 10.9. The fourth-order valence-electron chi connectivity index (χ4n) is 1.98. The number of nitrogens with zero attached hydrogens (tertiary/aromatic N) is 5. The van der Waals surface area contributed by atoms with E-state index in [1.165, 1.54) is 23.1 Å². The smallest absolute Gasteiger partial charge is 0.225 e. The molecule has 0 saturated carbocycles. The number of hydrogen-bond acceptors (Lipinski definition) is 7. The summed E-state index contributed by atoms with van der Waals surface area (Å²) in [5, 5.41) is 13.9. The average Bonchev–Trinajstić information content (AvgIpc) is 3.30. The van der Waals surface area contributed by atoms with Crippen LogP contribution in [0.3, 0.4) is 0 Å². The van der Waals surface area contributed by atoms with Gasteiger partial charge in [-0.05, 0) is 17.9 Å². The third-order valence-corrected chi connectivity index (χ3v) is 6.32. The zero-order valence-corrected chi connectivity index (χ0v) is 15.8. The third kappa shape index (κ3) is 4.22. The molecular formula is C15H17N5OS3. The molecule has 0 aliphatic rings. The Bertz CT molecular complexity index is 796. The van der Waals surface area contributed by atoms with Gasteiger partial charge < -0.3 is 4.57 Å². The molecule has 0 radical (unpaired) electrons. The van der Waals surface area contributed by atoms with Crippen LogP contribution in [0.4, 0.5) is 5.13 Å². The Labute approximate surface area is 152 Å². The number of hydrogen-bond donors (Lipinski definition) is 0. The minimum Gasteiger partial charge on any atom is -0.308 e. The molecule has 1 amide bonds. The van der Waals surface area contributed by atoms with Gasteiger partial charge in [-0.15, -0.1) is 32.9 Å². The number of anilines is 1. The topological polar surface area (TPSA) is 63.9 Å². The summed E-state index contributed by atoms with van der Waals surface area (Å²) in [5.41, 5.74) is 0.945. The predicted octanol–water partition coefficient (Wildman–Crippen LogP) is 3.31. The molecule has 3 aromatic heterocycles. The van der Waals surface area contributed by atoms with Gasteiger partial charge in [-0.2, -0.15) is 0 Å². The van der Waals surface area contributed by atoms with Crippen LogP contribution in [0.25, 0.3) is 0 Å². The number of rotatable bonds is 7. The molecule has 0 atom stereocenters. The number of aryl methyl sites for hydroxylation is 2. The van der Waals surface area contributed by atoms with Crippen molar-refractivity contribution in [2.45, 2.75) is 30.8 Å². The number of thiazole rings is 1. The van der Waals surface area contributed by atoms with E-state index >= 15 is 0 Å². The molecule has 0 spiro atoms. The molecule has 9 heteroatoms. The van der Waals surface area contributed by atoms with Gasteiger partial charge in [0.15, 0.2) is 10.3 Å². The fourth-order valence-corrected chi connectivity index (χ4v) is 4.46. The highest BCUT2D eigenvalue weighted by molar-refractivity contribution is 7.98. The van der Waals surface area contributed by atoms with Gasteiger partial charge in [0.05, 0.1) is 5.69 Å². The average molecular weight is 380 g/mol. The molecule has 0 bridgehead atoms. The van der Waals surface area contributed by atoms with E-state index in [0.29, 0.717) is 5.75 Å². The summed E-state index contributed by atoms with van der Waals surface area (Å²) in [6, 6.07) is 4.21. The molecule has 0 N–H and O–H groups in total. The summed E-state index contributed by atoms with van der Waals surface area (Å²) < 4.78 is 2.07. The second kappa shape index (κ2) is 7.91. The molecule has 0 aromatic carbocycles. The Morgan fingerprint density at radius 2 is 2.29 bits per heavy atom. The third-order valence-electron chi connectivity index (χ3n) is 3.41. The number of thiophene rings is 1. The van der Waals surface area contributed by atoms with Crippen molar-refractivity contribution >= 4 is 45.5 Å². The molecule has 126 valence electrons. The van der Waals surface area contributed by atoms with E-state index in [0.717, 1.165) is 28.9 Å². The van der Waals surface area contributed by atoms with Gasteiger partial charge >= 0.3 is 0 Å². The van der Waals surface area contributed by atoms with Crippen molar-refractivity contribution in [1.82, 2.24) is 19.7 Å². The van der Waals surface area contributed by atoms with Crippen molar-refractivity contribution in [3.05, 3.63) is 39.8 Å². The maximum absolute atomic E-state index is 11.4. The van der Waals surface area contributed by atoms with E-state index in [4.69, 9.17) is 0 Å². The first-order chi connectivity index (χ1) is 11.6. The Balaban J connectivity index is 1.57. The lowest BCUT2D eigenvalue weighted by Crippen LogP contribution is -2.22. The van der Waals surface area contributed by atoms with E-state index in [2.05, 4.69) is 37.3 Å². The molecular weight excluding hydrogens is 362 g/mol. The van der Waals surface area contributed by atoms with Crippen molar-refractivity contribution in [1.29, 1.82) is 0 Å².